The zero-order valence-electron chi connectivity index (χ0n) is 9.09. The maximum absolute atomic E-state index is 6.13. The first kappa shape index (κ1) is 11.0. The summed E-state index contributed by atoms with van der Waals surface area (Å²) in [6, 6.07) is 6.47. The van der Waals surface area contributed by atoms with E-state index in [-0.39, 0.29) is 6.04 Å². The third-order valence-corrected chi connectivity index (χ3v) is 2.59. The highest BCUT2D eigenvalue weighted by atomic mass is 14.6. The molecule has 1 rings (SSSR count). The Morgan fingerprint density at radius 1 is 1.36 bits per heavy atom. The molecular weight excluding hydrogens is 170 g/mol. The lowest BCUT2D eigenvalue weighted by molar-refractivity contribution is 0.654. The number of aryl methyl sites for hydroxylation is 2. The monoisotopic (exact) mass is 189 g/mol. The van der Waals surface area contributed by atoms with Crippen LogP contribution in [0.25, 0.3) is 0 Å². The molecule has 1 nitrogen and oxygen atoms in total. The fourth-order valence-electron chi connectivity index (χ4n) is 1.85. The summed E-state index contributed by atoms with van der Waals surface area (Å²) >= 11 is 0. The Labute approximate surface area is 86.6 Å². The fraction of sp³-hybridized carbons (Fsp3) is 0.385. The third-order valence-electron chi connectivity index (χ3n) is 2.59. The summed E-state index contributed by atoms with van der Waals surface area (Å²) in [7, 11) is 0. The molecule has 0 fully saturated rings. The molecule has 0 aliphatic rings. The summed E-state index contributed by atoms with van der Waals surface area (Å²) < 4.78 is 0. The molecule has 0 unspecified atom stereocenters. The van der Waals surface area contributed by atoms with E-state index in [0.717, 1.165) is 12.8 Å². The maximum atomic E-state index is 6.13. The smallest absolute Gasteiger partial charge is 0.0303 e. The van der Waals surface area contributed by atoms with Gasteiger partial charge in [0.05, 0.1) is 0 Å². The Hall–Kier alpha value is -1.08. The van der Waals surface area contributed by atoms with E-state index in [0.29, 0.717) is 0 Å². The van der Waals surface area contributed by atoms with Crippen LogP contribution in [0.1, 0.15) is 35.6 Å². The zero-order valence-corrected chi connectivity index (χ0v) is 9.09. The summed E-state index contributed by atoms with van der Waals surface area (Å²) in [6.45, 7) is 7.96. The summed E-state index contributed by atoms with van der Waals surface area (Å²) in [5.74, 6) is 0. The second kappa shape index (κ2) is 4.97. The lowest BCUT2D eigenvalue weighted by atomic mass is 9.94. The van der Waals surface area contributed by atoms with E-state index >= 15 is 0 Å². The Morgan fingerprint density at radius 3 is 2.43 bits per heavy atom. The number of hydrogen-bond acceptors (Lipinski definition) is 1. The van der Waals surface area contributed by atoms with Crippen molar-refractivity contribution in [1.29, 1.82) is 0 Å². The number of benzene rings is 1. The van der Waals surface area contributed by atoms with E-state index in [9.17, 15) is 0 Å². The van der Waals surface area contributed by atoms with Crippen molar-refractivity contribution < 1.29 is 0 Å². The molecular formula is C13H19N. The van der Waals surface area contributed by atoms with Crippen molar-refractivity contribution in [2.45, 2.75) is 32.7 Å². The van der Waals surface area contributed by atoms with Gasteiger partial charge in [0.1, 0.15) is 0 Å². The Kier molecular flexibility index (Phi) is 3.90. The van der Waals surface area contributed by atoms with Crippen LogP contribution < -0.4 is 5.73 Å². The van der Waals surface area contributed by atoms with E-state index in [4.69, 9.17) is 5.73 Å². The van der Waals surface area contributed by atoms with Gasteiger partial charge in [-0.15, -0.1) is 6.58 Å². The van der Waals surface area contributed by atoms with Crippen LogP contribution in [0.2, 0.25) is 0 Å². The van der Waals surface area contributed by atoms with Gasteiger partial charge in [0.2, 0.25) is 0 Å². The van der Waals surface area contributed by atoms with Crippen LogP contribution in [0.3, 0.4) is 0 Å². The molecule has 0 aromatic heterocycles. The molecule has 1 aromatic carbocycles. The quantitative estimate of drug-likeness (QED) is 0.723. The summed E-state index contributed by atoms with van der Waals surface area (Å²) in [6.07, 6.45) is 3.89. The van der Waals surface area contributed by atoms with Gasteiger partial charge in [-0.25, -0.2) is 0 Å². The van der Waals surface area contributed by atoms with Crippen LogP contribution in [0.15, 0.2) is 30.9 Å². The lowest BCUT2D eigenvalue weighted by Gasteiger charge is -2.16. The van der Waals surface area contributed by atoms with Crippen molar-refractivity contribution in [1.82, 2.24) is 0 Å². The SMILES string of the molecule is C=CCC[C@H](N)c1c(C)cccc1C. The predicted molar refractivity (Wildman–Crippen MR) is 62.3 cm³/mol. The normalized spacial score (nSPS) is 12.5. The van der Waals surface area contributed by atoms with Gasteiger partial charge < -0.3 is 5.73 Å². The van der Waals surface area contributed by atoms with Crippen LogP contribution in [0, 0.1) is 13.8 Å². The standard InChI is InChI=1S/C13H19N/c1-4-5-9-12(14)13-10(2)7-6-8-11(13)3/h4,6-8,12H,1,5,9,14H2,2-3H3/t12-/m0/s1. The molecule has 1 aromatic rings. The highest BCUT2D eigenvalue weighted by molar-refractivity contribution is 5.35. The summed E-state index contributed by atoms with van der Waals surface area (Å²) in [5.41, 5.74) is 10.0. The van der Waals surface area contributed by atoms with Gasteiger partial charge in [0.15, 0.2) is 0 Å². The minimum atomic E-state index is 0.147. The minimum absolute atomic E-state index is 0.147. The van der Waals surface area contributed by atoms with E-state index < -0.39 is 0 Å². The molecule has 1 atom stereocenters. The van der Waals surface area contributed by atoms with Crippen LogP contribution >= 0.6 is 0 Å². The Bertz CT molecular complexity index is 295. The fourth-order valence-corrected chi connectivity index (χ4v) is 1.85. The summed E-state index contributed by atoms with van der Waals surface area (Å²) in [4.78, 5) is 0. The number of hydrogen-bond donors (Lipinski definition) is 1. The van der Waals surface area contributed by atoms with E-state index in [1.165, 1.54) is 16.7 Å². The summed E-state index contributed by atoms with van der Waals surface area (Å²) in [5, 5.41) is 0. The van der Waals surface area contributed by atoms with Gasteiger partial charge in [-0.05, 0) is 43.4 Å². The van der Waals surface area contributed by atoms with Gasteiger partial charge in [0.25, 0.3) is 0 Å². The average molecular weight is 189 g/mol. The van der Waals surface area contributed by atoms with Crippen molar-refractivity contribution in [3.63, 3.8) is 0 Å². The molecule has 0 bridgehead atoms. The van der Waals surface area contributed by atoms with Crippen LogP contribution in [-0.4, -0.2) is 0 Å². The molecule has 0 saturated heterocycles. The van der Waals surface area contributed by atoms with Gasteiger partial charge in [-0.3, -0.25) is 0 Å². The Morgan fingerprint density at radius 2 is 1.93 bits per heavy atom. The van der Waals surface area contributed by atoms with Crippen molar-refractivity contribution >= 4 is 0 Å². The molecule has 76 valence electrons. The number of rotatable bonds is 4. The molecule has 0 aliphatic carbocycles. The molecule has 0 spiro atoms. The molecule has 0 heterocycles. The maximum Gasteiger partial charge on any atom is 0.0303 e. The highest BCUT2D eigenvalue weighted by Gasteiger charge is 2.10. The highest BCUT2D eigenvalue weighted by Crippen LogP contribution is 2.23. The number of nitrogens with two attached hydrogens (primary N) is 1. The van der Waals surface area contributed by atoms with E-state index in [1.54, 1.807) is 0 Å². The molecule has 0 aliphatic heterocycles. The van der Waals surface area contributed by atoms with Crippen molar-refractivity contribution in [3.05, 3.63) is 47.5 Å². The largest absolute Gasteiger partial charge is 0.324 e. The lowest BCUT2D eigenvalue weighted by Crippen LogP contribution is -2.12. The van der Waals surface area contributed by atoms with E-state index in [2.05, 4.69) is 38.6 Å². The van der Waals surface area contributed by atoms with E-state index in [1.807, 2.05) is 6.08 Å². The van der Waals surface area contributed by atoms with Crippen LogP contribution in [0.5, 0.6) is 0 Å². The average Bonchev–Trinajstić information content (AvgIpc) is 2.14. The molecule has 0 saturated carbocycles. The first-order valence-electron chi connectivity index (χ1n) is 5.09. The topological polar surface area (TPSA) is 26.0 Å². The zero-order chi connectivity index (χ0) is 10.6. The first-order valence-corrected chi connectivity index (χ1v) is 5.09. The minimum Gasteiger partial charge on any atom is -0.324 e. The number of allylic oxidation sites excluding steroid dienone is 1. The third kappa shape index (κ3) is 2.46. The molecule has 0 amide bonds. The second-order valence-corrected chi connectivity index (χ2v) is 3.78. The predicted octanol–water partition coefficient (Wildman–Crippen LogP) is 3.27. The van der Waals surface area contributed by atoms with Gasteiger partial charge in [0, 0.05) is 6.04 Å². The van der Waals surface area contributed by atoms with Crippen molar-refractivity contribution in [2.24, 2.45) is 5.73 Å². The molecule has 2 N–H and O–H groups in total. The Balaban J connectivity index is 2.87. The van der Waals surface area contributed by atoms with Gasteiger partial charge >= 0.3 is 0 Å². The first-order chi connectivity index (χ1) is 6.66. The van der Waals surface area contributed by atoms with Crippen LogP contribution in [-0.2, 0) is 0 Å². The second-order valence-electron chi connectivity index (χ2n) is 3.78. The van der Waals surface area contributed by atoms with Crippen molar-refractivity contribution in [2.75, 3.05) is 0 Å². The molecule has 14 heavy (non-hydrogen) atoms. The van der Waals surface area contributed by atoms with Gasteiger partial charge in [-0.1, -0.05) is 24.3 Å². The van der Waals surface area contributed by atoms with Crippen LogP contribution in [0.4, 0.5) is 0 Å². The molecule has 1 heteroatoms. The van der Waals surface area contributed by atoms with Crippen molar-refractivity contribution in [3.8, 4) is 0 Å². The molecule has 0 radical (unpaired) electrons. The van der Waals surface area contributed by atoms with Gasteiger partial charge in [-0.2, -0.15) is 0 Å².